The fourth-order valence-electron chi connectivity index (χ4n) is 3.80. The maximum absolute atomic E-state index is 13.1. The van der Waals surface area contributed by atoms with E-state index in [0.717, 1.165) is 21.1 Å². The first kappa shape index (κ1) is 18.4. The third-order valence-corrected chi connectivity index (χ3v) is 6.87. The average Bonchev–Trinajstić information content (AvgIpc) is 3.20. The molecule has 1 aromatic heterocycles. The first-order valence-corrected chi connectivity index (χ1v) is 10.9. The van der Waals surface area contributed by atoms with Gasteiger partial charge in [-0.3, -0.25) is 9.10 Å². The summed E-state index contributed by atoms with van der Waals surface area (Å²) in [5, 5.41) is 8.72. The zero-order valence-electron chi connectivity index (χ0n) is 16.1. The molecule has 0 saturated heterocycles. The number of sulfonamides is 1. The number of para-hydroxylation sites is 1. The maximum Gasteiger partial charge on any atom is 0.265 e. The van der Waals surface area contributed by atoms with Gasteiger partial charge in [0.25, 0.3) is 10.0 Å². The Kier molecular flexibility index (Phi) is 4.11. The van der Waals surface area contributed by atoms with E-state index in [1.807, 2.05) is 49.4 Å². The molecule has 0 bridgehead atoms. The van der Waals surface area contributed by atoms with Crippen molar-refractivity contribution in [2.24, 2.45) is 0 Å². The molecule has 0 spiro atoms. The summed E-state index contributed by atoms with van der Waals surface area (Å²) in [6, 6.07) is 21.7. The second-order valence-electron chi connectivity index (χ2n) is 7.11. The number of hydrogen-bond acceptors (Lipinski definition) is 4. The highest BCUT2D eigenvalue weighted by Gasteiger charge is 2.36. The van der Waals surface area contributed by atoms with Crippen LogP contribution >= 0.6 is 0 Å². The molecule has 1 amide bonds. The van der Waals surface area contributed by atoms with Crippen molar-refractivity contribution in [2.75, 3.05) is 16.2 Å². The number of anilines is 2. The molecule has 1 N–H and O–H groups in total. The van der Waals surface area contributed by atoms with E-state index in [4.69, 9.17) is 0 Å². The molecule has 5 rings (SSSR count). The fourth-order valence-corrected chi connectivity index (χ4v) is 5.46. The summed E-state index contributed by atoms with van der Waals surface area (Å²) in [6.07, 6.45) is 0. The molecule has 30 heavy (non-hydrogen) atoms. The van der Waals surface area contributed by atoms with E-state index < -0.39 is 15.9 Å². The lowest BCUT2D eigenvalue weighted by Gasteiger charge is -2.18. The third-order valence-electron chi connectivity index (χ3n) is 5.07. The van der Waals surface area contributed by atoms with Gasteiger partial charge in [-0.25, -0.2) is 13.1 Å². The van der Waals surface area contributed by atoms with Gasteiger partial charge < -0.3 is 5.32 Å². The lowest BCUT2D eigenvalue weighted by Crippen LogP contribution is -2.35. The summed E-state index contributed by atoms with van der Waals surface area (Å²) in [5.41, 5.74) is 2.05. The van der Waals surface area contributed by atoms with E-state index in [-0.39, 0.29) is 11.4 Å². The van der Waals surface area contributed by atoms with Gasteiger partial charge in [0.2, 0.25) is 5.91 Å². The molecule has 8 heteroatoms. The van der Waals surface area contributed by atoms with Crippen LogP contribution in [0, 0.1) is 6.92 Å². The summed E-state index contributed by atoms with van der Waals surface area (Å²) >= 11 is 0. The molecular formula is C22H18N4O3S. The van der Waals surface area contributed by atoms with Gasteiger partial charge >= 0.3 is 0 Å². The Morgan fingerprint density at radius 1 is 1.00 bits per heavy atom. The largest absolute Gasteiger partial charge is 0.309 e. The highest BCUT2D eigenvalue weighted by molar-refractivity contribution is 7.93. The molecule has 0 fully saturated rings. The monoisotopic (exact) mass is 418 g/mol. The quantitative estimate of drug-likeness (QED) is 0.550. The standard InChI is InChI=1S/C22H18N4O3S/c1-15-13-20(26(24-15)17-9-3-2-4-10-17)23-21(27)14-25-18-11-5-7-16-8-6-12-19(22(16)18)30(25,28)29/h2-13H,14H2,1H3,(H,23,27). The van der Waals surface area contributed by atoms with Crippen molar-refractivity contribution in [2.45, 2.75) is 11.8 Å². The lowest BCUT2D eigenvalue weighted by atomic mass is 10.1. The Morgan fingerprint density at radius 2 is 1.73 bits per heavy atom. The van der Waals surface area contributed by atoms with Crippen LogP contribution in [0.1, 0.15) is 5.69 Å². The number of aryl methyl sites for hydroxylation is 1. The van der Waals surface area contributed by atoms with Crippen molar-refractivity contribution in [1.82, 2.24) is 9.78 Å². The number of benzene rings is 3. The molecule has 7 nitrogen and oxygen atoms in total. The van der Waals surface area contributed by atoms with E-state index >= 15 is 0 Å². The molecule has 0 saturated carbocycles. The van der Waals surface area contributed by atoms with Crippen LogP contribution in [0.15, 0.2) is 77.7 Å². The minimum absolute atomic E-state index is 0.230. The highest BCUT2D eigenvalue weighted by atomic mass is 32.2. The van der Waals surface area contributed by atoms with Crippen molar-refractivity contribution in [1.29, 1.82) is 0 Å². The lowest BCUT2D eigenvalue weighted by molar-refractivity contribution is -0.114. The van der Waals surface area contributed by atoms with E-state index in [9.17, 15) is 13.2 Å². The van der Waals surface area contributed by atoms with Crippen LogP contribution in [0.5, 0.6) is 0 Å². The number of carbonyl (C=O) groups is 1. The molecule has 0 radical (unpaired) electrons. The summed E-state index contributed by atoms with van der Waals surface area (Å²) < 4.78 is 28.9. The smallest absolute Gasteiger partial charge is 0.265 e. The number of aromatic nitrogens is 2. The van der Waals surface area contributed by atoms with Gasteiger partial charge in [0, 0.05) is 11.5 Å². The number of hydrogen-bond donors (Lipinski definition) is 1. The number of nitrogens with one attached hydrogen (secondary N) is 1. The number of rotatable bonds is 4. The van der Waals surface area contributed by atoms with Crippen LogP contribution in [0.4, 0.5) is 11.5 Å². The fraction of sp³-hybridized carbons (Fsp3) is 0.0909. The summed E-state index contributed by atoms with van der Waals surface area (Å²) in [5.74, 6) is 0.0384. The van der Waals surface area contributed by atoms with Crippen molar-refractivity contribution >= 4 is 38.2 Å². The SMILES string of the molecule is Cc1cc(NC(=O)CN2c3cccc4cccc(c34)S2(=O)=O)n(-c2ccccc2)n1. The second-order valence-corrected chi connectivity index (χ2v) is 8.94. The van der Waals surface area contributed by atoms with Crippen LogP contribution in [0.25, 0.3) is 16.5 Å². The Balaban J connectivity index is 1.46. The van der Waals surface area contributed by atoms with Gasteiger partial charge in [0.15, 0.2) is 0 Å². The summed E-state index contributed by atoms with van der Waals surface area (Å²) in [7, 11) is -3.79. The molecule has 0 unspecified atom stereocenters. The molecule has 3 aromatic carbocycles. The van der Waals surface area contributed by atoms with Crippen molar-refractivity contribution < 1.29 is 13.2 Å². The van der Waals surface area contributed by atoms with Crippen LogP contribution in [0.2, 0.25) is 0 Å². The number of amides is 1. The molecule has 1 aliphatic rings. The van der Waals surface area contributed by atoms with E-state index in [1.54, 1.807) is 35.0 Å². The average molecular weight is 418 g/mol. The first-order chi connectivity index (χ1) is 14.4. The molecule has 0 atom stereocenters. The normalized spacial score (nSPS) is 14.2. The molecule has 0 aliphatic carbocycles. The predicted octanol–water partition coefficient (Wildman–Crippen LogP) is 3.48. The van der Waals surface area contributed by atoms with Gasteiger partial charge in [0.1, 0.15) is 12.4 Å². The topological polar surface area (TPSA) is 84.3 Å². The maximum atomic E-state index is 13.1. The van der Waals surface area contributed by atoms with Crippen molar-refractivity contribution in [3.05, 3.63) is 78.5 Å². The van der Waals surface area contributed by atoms with Gasteiger partial charge in [-0.1, -0.05) is 42.5 Å². The summed E-state index contributed by atoms with van der Waals surface area (Å²) in [6.45, 7) is 1.51. The molecule has 150 valence electrons. The van der Waals surface area contributed by atoms with Gasteiger partial charge in [-0.15, -0.1) is 0 Å². The molecular weight excluding hydrogens is 400 g/mol. The second kappa shape index (κ2) is 6.70. The molecule has 2 heterocycles. The van der Waals surface area contributed by atoms with E-state index in [0.29, 0.717) is 16.9 Å². The Morgan fingerprint density at radius 3 is 2.50 bits per heavy atom. The third kappa shape index (κ3) is 2.84. The zero-order chi connectivity index (χ0) is 20.9. The van der Waals surface area contributed by atoms with Gasteiger partial charge in [-0.05, 0) is 36.6 Å². The predicted molar refractivity (Wildman–Crippen MR) is 115 cm³/mol. The Labute approximate surface area is 173 Å². The first-order valence-electron chi connectivity index (χ1n) is 9.41. The van der Waals surface area contributed by atoms with Gasteiger partial charge in [-0.2, -0.15) is 5.10 Å². The van der Waals surface area contributed by atoms with Crippen molar-refractivity contribution in [3.63, 3.8) is 0 Å². The van der Waals surface area contributed by atoms with E-state index in [1.165, 1.54) is 0 Å². The molecule has 4 aromatic rings. The van der Waals surface area contributed by atoms with Crippen LogP contribution < -0.4 is 9.62 Å². The zero-order valence-corrected chi connectivity index (χ0v) is 16.9. The number of nitrogens with zero attached hydrogens (tertiary/aromatic N) is 3. The number of carbonyl (C=O) groups excluding carboxylic acids is 1. The highest BCUT2D eigenvalue weighted by Crippen LogP contribution is 2.41. The van der Waals surface area contributed by atoms with Crippen LogP contribution in [-0.4, -0.2) is 30.7 Å². The van der Waals surface area contributed by atoms with Gasteiger partial charge in [0.05, 0.1) is 22.0 Å². The Bertz CT molecular complexity index is 1390. The Hall–Kier alpha value is -3.65. The minimum Gasteiger partial charge on any atom is -0.309 e. The minimum atomic E-state index is -3.79. The van der Waals surface area contributed by atoms with Crippen molar-refractivity contribution in [3.8, 4) is 5.69 Å². The van der Waals surface area contributed by atoms with Crippen LogP contribution in [-0.2, 0) is 14.8 Å². The summed E-state index contributed by atoms with van der Waals surface area (Å²) in [4.78, 5) is 13.1. The van der Waals surface area contributed by atoms with Crippen LogP contribution in [0.3, 0.4) is 0 Å². The van der Waals surface area contributed by atoms with E-state index in [2.05, 4.69) is 10.4 Å². The molecule has 1 aliphatic heterocycles.